The lowest BCUT2D eigenvalue weighted by Crippen LogP contribution is -2.24. The summed E-state index contributed by atoms with van der Waals surface area (Å²) < 4.78 is 67.0. The number of nitrogens with one attached hydrogen (secondary N) is 1. The minimum Gasteiger partial charge on any atom is -0.404 e. The highest BCUT2D eigenvalue weighted by molar-refractivity contribution is 14.0. The number of rotatable bonds is 5. The molecule has 0 atom stereocenters. The van der Waals surface area contributed by atoms with Gasteiger partial charge in [0.05, 0.1) is 5.69 Å². The predicted octanol–water partition coefficient (Wildman–Crippen LogP) is 4.45. The third-order valence-corrected chi connectivity index (χ3v) is 2.98. The number of nitrogens with two attached hydrogens (primary N) is 1. The molecule has 0 saturated heterocycles. The lowest BCUT2D eigenvalue weighted by atomic mass is 10.1. The van der Waals surface area contributed by atoms with E-state index in [1.165, 1.54) is 18.2 Å². The van der Waals surface area contributed by atoms with Gasteiger partial charge in [-0.1, -0.05) is 12.1 Å². The van der Waals surface area contributed by atoms with Crippen molar-refractivity contribution in [2.45, 2.75) is 12.8 Å². The highest BCUT2D eigenvalue weighted by atomic mass is 127. The van der Waals surface area contributed by atoms with Gasteiger partial charge in [0.1, 0.15) is 11.6 Å². The predicted molar refractivity (Wildman–Crippen MR) is 98.7 cm³/mol. The molecule has 0 aromatic heterocycles. The molecular formula is C16H15F5IN3O. The Bertz CT molecular complexity index is 748. The number of aliphatic imine (C=N–C) groups is 1. The standard InChI is InChI=1S/C16H14F5N3O.HI/c17-11-7-10(8-12(18)9-11)5-6-23-15(22)24-13-3-1-2-4-14(13)25-16(19,20)21;/h1-4,7-9H,5-6H2,(H3,22,23,24);1H. The Hall–Kier alpha value is -2.11. The fourth-order valence-corrected chi connectivity index (χ4v) is 2.02. The maximum Gasteiger partial charge on any atom is 0.573 e. The highest BCUT2D eigenvalue weighted by Gasteiger charge is 2.32. The highest BCUT2D eigenvalue weighted by Crippen LogP contribution is 2.29. The fourth-order valence-electron chi connectivity index (χ4n) is 2.02. The summed E-state index contributed by atoms with van der Waals surface area (Å²) in [6, 6.07) is 8.40. The van der Waals surface area contributed by atoms with Crippen LogP contribution in [-0.2, 0) is 6.42 Å². The monoisotopic (exact) mass is 487 g/mol. The third kappa shape index (κ3) is 7.42. The number of guanidine groups is 1. The molecule has 0 aliphatic carbocycles. The quantitative estimate of drug-likeness (QED) is 0.284. The molecule has 142 valence electrons. The number of para-hydroxylation sites is 2. The molecule has 0 saturated carbocycles. The zero-order chi connectivity index (χ0) is 18.4. The number of alkyl halides is 3. The molecule has 0 aliphatic rings. The third-order valence-electron chi connectivity index (χ3n) is 2.98. The summed E-state index contributed by atoms with van der Waals surface area (Å²) in [6.07, 6.45) is -4.64. The van der Waals surface area contributed by atoms with Crippen LogP contribution in [0.2, 0.25) is 0 Å². The van der Waals surface area contributed by atoms with Crippen LogP contribution in [0.3, 0.4) is 0 Å². The molecule has 0 spiro atoms. The van der Waals surface area contributed by atoms with Crippen molar-refractivity contribution in [2.75, 3.05) is 11.9 Å². The minimum absolute atomic E-state index is 0. The van der Waals surface area contributed by atoms with Crippen molar-refractivity contribution < 1.29 is 26.7 Å². The Morgan fingerprint density at radius 1 is 1.08 bits per heavy atom. The van der Waals surface area contributed by atoms with Crippen LogP contribution in [0.1, 0.15) is 5.56 Å². The SMILES string of the molecule is I.NC(=NCCc1cc(F)cc(F)c1)Nc1ccccc1OC(F)(F)F. The Morgan fingerprint density at radius 3 is 2.31 bits per heavy atom. The van der Waals surface area contributed by atoms with Gasteiger partial charge in [0.25, 0.3) is 0 Å². The van der Waals surface area contributed by atoms with Crippen molar-refractivity contribution in [1.29, 1.82) is 0 Å². The van der Waals surface area contributed by atoms with Crippen LogP contribution in [0.15, 0.2) is 47.5 Å². The van der Waals surface area contributed by atoms with Crippen LogP contribution in [0.5, 0.6) is 5.75 Å². The number of nitrogens with zero attached hydrogens (tertiary/aromatic N) is 1. The van der Waals surface area contributed by atoms with Gasteiger partial charge in [0, 0.05) is 12.6 Å². The van der Waals surface area contributed by atoms with Gasteiger partial charge in [0.15, 0.2) is 11.7 Å². The zero-order valence-corrected chi connectivity index (χ0v) is 15.5. The van der Waals surface area contributed by atoms with E-state index in [0.717, 1.165) is 24.3 Å². The van der Waals surface area contributed by atoms with Crippen molar-refractivity contribution in [1.82, 2.24) is 0 Å². The van der Waals surface area contributed by atoms with E-state index in [1.54, 1.807) is 0 Å². The van der Waals surface area contributed by atoms with E-state index < -0.39 is 23.7 Å². The van der Waals surface area contributed by atoms with Crippen molar-refractivity contribution in [2.24, 2.45) is 10.7 Å². The van der Waals surface area contributed by atoms with Gasteiger partial charge in [-0.05, 0) is 36.2 Å². The zero-order valence-electron chi connectivity index (χ0n) is 13.2. The van der Waals surface area contributed by atoms with E-state index in [2.05, 4.69) is 15.0 Å². The lowest BCUT2D eigenvalue weighted by Gasteiger charge is -2.14. The van der Waals surface area contributed by atoms with Crippen LogP contribution in [-0.4, -0.2) is 18.9 Å². The van der Waals surface area contributed by atoms with Gasteiger partial charge in [-0.25, -0.2) is 8.78 Å². The molecule has 0 aliphatic heterocycles. The molecule has 2 aromatic carbocycles. The van der Waals surface area contributed by atoms with Gasteiger partial charge in [-0.2, -0.15) is 0 Å². The van der Waals surface area contributed by atoms with Crippen molar-refractivity contribution >= 4 is 35.6 Å². The van der Waals surface area contributed by atoms with Crippen molar-refractivity contribution in [3.63, 3.8) is 0 Å². The summed E-state index contributed by atoms with van der Waals surface area (Å²) >= 11 is 0. The first-order valence-electron chi connectivity index (χ1n) is 7.09. The van der Waals surface area contributed by atoms with Crippen LogP contribution < -0.4 is 15.8 Å². The van der Waals surface area contributed by atoms with Crippen molar-refractivity contribution in [3.8, 4) is 5.75 Å². The first-order chi connectivity index (χ1) is 11.7. The molecule has 0 heterocycles. The van der Waals surface area contributed by atoms with Crippen LogP contribution in [0, 0.1) is 11.6 Å². The van der Waals surface area contributed by atoms with Crippen LogP contribution in [0.25, 0.3) is 0 Å². The normalized spacial score (nSPS) is 11.7. The minimum atomic E-state index is -4.84. The molecule has 0 amide bonds. The average Bonchev–Trinajstić information content (AvgIpc) is 2.47. The summed E-state index contributed by atoms with van der Waals surface area (Å²) in [6.45, 7) is 0.0873. The molecule has 0 radical (unpaired) electrons. The summed E-state index contributed by atoms with van der Waals surface area (Å²) in [7, 11) is 0. The molecule has 10 heteroatoms. The smallest absolute Gasteiger partial charge is 0.404 e. The van der Waals surface area contributed by atoms with Crippen LogP contribution >= 0.6 is 24.0 Å². The fraction of sp³-hybridized carbons (Fsp3) is 0.188. The van der Waals surface area contributed by atoms with Crippen molar-refractivity contribution in [3.05, 3.63) is 59.7 Å². The molecule has 0 fully saturated rings. The largest absolute Gasteiger partial charge is 0.573 e. The molecular weight excluding hydrogens is 472 g/mol. The number of hydrogen-bond donors (Lipinski definition) is 2. The molecule has 4 nitrogen and oxygen atoms in total. The summed E-state index contributed by atoms with van der Waals surface area (Å²) in [5.74, 6) is -2.03. The van der Waals surface area contributed by atoms with E-state index in [1.807, 2.05) is 0 Å². The first kappa shape index (κ1) is 21.9. The molecule has 0 unspecified atom stereocenters. The van der Waals surface area contributed by atoms with Gasteiger partial charge < -0.3 is 15.8 Å². The molecule has 2 rings (SSSR count). The second-order valence-corrected chi connectivity index (χ2v) is 4.96. The van der Waals surface area contributed by atoms with Gasteiger partial charge >= 0.3 is 6.36 Å². The Kier molecular flexibility index (Phi) is 8.06. The molecule has 3 N–H and O–H groups in total. The number of hydrogen-bond acceptors (Lipinski definition) is 2. The van der Waals surface area contributed by atoms with Gasteiger partial charge in [-0.3, -0.25) is 4.99 Å². The second-order valence-electron chi connectivity index (χ2n) is 4.96. The van der Waals surface area contributed by atoms with E-state index in [9.17, 15) is 22.0 Å². The van der Waals surface area contributed by atoms with Gasteiger partial charge in [-0.15, -0.1) is 37.1 Å². The van der Waals surface area contributed by atoms with E-state index in [0.29, 0.717) is 5.56 Å². The van der Waals surface area contributed by atoms with E-state index in [4.69, 9.17) is 5.73 Å². The number of anilines is 1. The summed E-state index contributed by atoms with van der Waals surface area (Å²) in [5, 5.41) is 2.50. The maximum absolute atomic E-state index is 13.1. The Morgan fingerprint density at radius 2 is 1.69 bits per heavy atom. The maximum atomic E-state index is 13.1. The first-order valence-corrected chi connectivity index (χ1v) is 7.09. The molecule has 26 heavy (non-hydrogen) atoms. The summed E-state index contributed by atoms with van der Waals surface area (Å²) in [5.41, 5.74) is 5.98. The van der Waals surface area contributed by atoms with E-state index >= 15 is 0 Å². The molecule has 2 aromatic rings. The number of benzene rings is 2. The van der Waals surface area contributed by atoms with Crippen LogP contribution in [0.4, 0.5) is 27.6 Å². The second kappa shape index (κ2) is 9.55. The topological polar surface area (TPSA) is 59.6 Å². The Labute approximate surface area is 163 Å². The number of ether oxygens (including phenoxy) is 1. The number of halogens is 6. The Balaban J connectivity index is 0.00000338. The summed E-state index contributed by atoms with van der Waals surface area (Å²) in [4.78, 5) is 3.91. The molecule has 0 bridgehead atoms. The van der Waals surface area contributed by atoms with E-state index in [-0.39, 0.29) is 48.6 Å². The average molecular weight is 487 g/mol. The lowest BCUT2D eigenvalue weighted by molar-refractivity contribution is -0.274. The van der Waals surface area contributed by atoms with Gasteiger partial charge in [0.2, 0.25) is 0 Å².